The SMILES string of the molecule is C[C@@H]1CN(C(=O)O)CCN1c1nc(I)nc(Cl)c1Cl. The molecule has 0 aliphatic carbocycles. The van der Waals surface area contributed by atoms with Gasteiger partial charge in [-0.3, -0.25) is 0 Å². The molecule has 19 heavy (non-hydrogen) atoms. The summed E-state index contributed by atoms with van der Waals surface area (Å²) in [5.74, 6) is 0.559. The Labute approximate surface area is 133 Å². The van der Waals surface area contributed by atoms with Crippen LogP contribution in [0.5, 0.6) is 0 Å². The smallest absolute Gasteiger partial charge is 0.407 e. The van der Waals surface area contributed by atoms with Crippen molar-refractivity contribution in [2.75, 3.05) is 24.5 Å². The molecule has 0 radical (unpaired) electrons. The molecule has 0 saturated carbocycles. The van der Waals surface area contributed by atoms with E-state index in [0.29, 0.717) is 34.3 Å². The molecule has 1 aromatic heterocycles. The number of nitrogens with zero attached hydrogens (tertiary/aromatic N) is 4. The summed E-state index contributed by atoms with van der Waals surface area (Å²) in [6.45, 7) is 3.27. The Kier molecular flexibility index (Phi) is 4.57. The number of halogens is 3. The van der Waals surface area contributed by atoms with Crippen LogP contribution in [0.1, 0.15) is 6.92 Å². The van der Waals surface area contributed by atoms with Crippen molar-refractivity contribution in [1.82, 2.24) is 14.9 Å². The van der Waals surface area contributed by atoms with Gasteiger partial charge in [-0.1, -0.05) is 23.2 Å². The number of amides is 1. The Morgan fingerprint density at radius 1 is 1.42 bits per heavy atom. The van der Waals surface area contributed by atoms with Crippen molar-refractivity contribution in [1.29, 1.82) is 0 Å². The van der Waals surface area contributed by atoms with Crippen LogP contribution in [0.15, 0.2) is 0 Å². The van der Waals surface area contributed by atoms with Gasteiger partial charge < -0.3 is 14.9 Å². The van der Waals surface area contributed by atoms with Crippen molar-refractivity contribution in [2.45, 2.75) is 13.0 Å². The molecule has 1 amide bonds. The van der Waals surface area contributed by atoms with Crippen LogP contribution in [0.2, 0.25) is 10.2 Å². The maximum absolute atomic E-state index is 11.0. The highest BCUT2D eigenvalue weighted by atomic mass is 127. The number of hydrogen-bond acceptors (Lipinski definition) is 4. The van der Waals surface area contributed by atoms with E-state index in [1.807, 2.05) is 34.4 Å². The molecular weight excluding hydrogens is 406 g/mol. The first-order chi connectivity index (χ1) is 8.90. The summed E-state index contributed by atoms with van der Waals surface area (Å²) in [6.07, 6.45) is -0.909. The summed E-state index contributed by atoms with van der Waals surface area (Å²) in [5.41, 5.74) is 0. The first kappa shape index (κ1) is 14.9. The molecule has 0 unspecified atom stereocenters. The molecule has 1 aliphatic heterocycles. The summed E-state index contributed by atoms with van der Waals surface area (Å²) in [6, 6.07) is -0.0240. The number of rotatable bonds is 1. The zero-order valence-electron chi connectivity index (χ0n) is 9.98. The summed E-state index contributed by atoms with van der Waals surface area (Å²) in [4.78, 5) is 22.6. The van der Waals surface area contributed by atoms with Gasteiger partial charge in [0.05, 0.1) is 0 Å². The number of carboxylic acid groups (broad SMARTS) is 1. The van der Waals surface area contributed by atoms with E-state index in [4.69, 9.17) is 28.3 Å². The molecule has 1 fully saturated rings. The third kappa shape index (κ3) is 3.14. The summed E-state index contributed by atoms with van der Waals surface area (Å²) < 4.78 is 0.509. The van der Waals surface area contributed by atoms with E-state index in [1.54, 1.807) is 0 Å². The molecule has 0 aromatic carbocycles. The average molecular weight is 417 g/mol. The minimum absolute atomic E-state index is 0.0240. The van der Waals surface area contributed by atoms with Crippen molar-refractivity contribution >= 4 is 57.7 Å². The highest BCUT2D eigenvalue weighted by Gasteiger charge is 2.29. The van der Waals surface area contributed by atoms with Crippen molar-refractivity contribution < 1.29 is 9.90 Å². The molecular formula is C10H11Cl2IN4O2. The van der Waals surface area contributed by atoms with E-state index in [2.05, 4.69) is 9.97 Å². The van der Waals surface area contributed by atoms with Gasteiger partial charge in [0.1, 0.15) is 5.02 Å². The van der Waals surface area contributed by atoms with Crippen LogP contribution in [0.25, 0.3) is 0 Å². The van der Waals surface area contributed by atoms with Crippen LogP contribution in [0.3, 0.4) is 0 Å². The third-order valence-electron chi connectivity index (χ3n) is 2.94. The fraction of sp³-hybridized carbons (Fsp3) is 0.500. The van der Waals surface area contributed by atoms with Crippen molar-refractivity contribution in [3.8, 4) is 0 Å². The Hall–Kier alpha value is -0.540. The highest BCUT2D eigenvalue weighted by Crippen LogP contribution is 2.32. The number of anilines is 1. The minimum Gasteiger partial charge on any atom is -0.465 e. The molecule has 104 valence electrons. The van der Waals surface area contributed by atoms with E-state index in [0.717, 1.165) is 0 Å². The first-order valence-corrected chi connectivity index (χ1v) is 7.36. The van der Waals surface area contributed by atoms with E-state index < -0.39 is 6.09 Å². The van der Waals surface area contributed by atoms with Crippen LogP contribution in [-0.4, -0.2) is 51.7 Å². The van der Waals surface area contributed by atoms with E-state index >= 15 is 0 Å². The molecule has 6 nitrogen and oxygen atoms in total. The topological polar surface area (TPSA) is 69.6 Å². The number of hydrogen-bond donors (Lipinski definition) is 1. The van der Waals surface area contributed by atoms with Gasteiger partial charge >= 0.3 is 6.09 Å². The Morgan fingerprint density at radius 2 is 2.11 bits per heavy atom. The van der Waals surface area contributed by atoms with Crippen LogP contribution in [0.4, 0.5) is 10.6 Å². The first-order valence-electron chi connectivity index (χ1n) is 5.53. The fourth-order valence-electron chi connectivity index (χ4n) is 2.02. The van der Waals surface area contributed by atoms with Crippen molar-refractivity contribution in [3.63, 3.8) is 0 Å². The largest absolute Gasteiger partial charge is 0.465 e. The molecule has 1 N–H and O–H groups in total. The Balaban J connectivity index is 2.26. The highest BCUT2D eigenvalue weighted by molar-refractivity contribution is 14.1. The maximum Gasteiger partial charge on any atom is 0.407 e. The minimum atomic E-state index is -0.909. The second-order valence-electron chi connectivity index (χ2n) is 4.19. The van der Waals surface area contributed by atoms with Gasteiger partial charge in [-0.25, -0.2) is 14.8 Å². The zero-order valence-corrected chi connectivity index (χ0v) is 13.6. The molecule has 0 bridgehead atoms. The standard InChI is InChI=1S/C10H11Cl2IN4O2/c1-5-4-16(10(18)19)2-3-17(5)8-6(11)7(12)14-9(13)15-8/h5H,2-4H2,1H3,(H,18,19)/t5-/m1/s1. The lowest BCUT2D eigenvalue weighted by atomic mass is 10.2. The van der Waals surface area contributed by atoms with E-state index in [-0.39, 0.29) is 11.2 Å². The Morgan fingerprint density at radius 3 is 2.68 bits per heavy atom. The lowest BCUT2D eigenvalue weighted by Gasteiger charge is -2.39. The van der Waals surface area contributed by atoms with Crippen LogP contribution in [0, 0.1) is 3.83 Å². The van der Waals surface area contributed by atoms with Crippen LogP contribution >= 0.6 is 45.8 Å². The molecule has 2 heterocycles. The normalized spacial score (nSPS) is 19.7. The quantitative estimate of drug-likeness (QED) is 0.433. The third-order valence-corrected chi connectivity index (χ3v) is 4.14. The van der Waals surface area contributed by atoms with Crippen molar-refractivity contribution in [2.24, 2.45) is 0 Å². The molecule has 1 aromatic rings. The number of carbonyl (C=O) groups is 1. The van der Waals surface area contributed by atoms with Crippen molar-refractivity contribution in [3.05, 3.63) is 14.0 Å². The Bertz CT molecular complexity index is 517. The predicted molar refractivity (Wildman–Crippen MR) is 81.2 cm³/mol. The monoisotopic (exact) mass is 416 g/mol. The van der Waals surface area contributed by atoms with Gasteiger partial charge in [-0.05, 0) is 6.92 Å². The predicted octanol–water partition coefficient (Wildman–Crippen LogP) is 2.58. The molecule has 1 aliphatic rings. The van der Waals surface area contributed by atoms with Gasteiger partial charge in [-0.15, -0.1) is 0 Å². The summed E-state index contributed by atoms with van der Waals surface area (Å²) in [5, 5.41) is 9.50. The zero-order chi connectivity index (χ0) is 14.2. The fourth-order valence-corrected chi connectivity index (χ4v) is 2.99. The van der Waals surface area contributed by atoms with E-state index in [1.165, 1.54) is 4.90 Å². The van der Waals surface area contributed by atoms with E-state index in [9.17, 15) is 4.79 Å². The van der Waals surface area contributed by atoms with Crippen LogP contribution < -0.4 is 4.90 Å². The lowest BCUT2D eigenvalue weighted by Crippen LogP contribution is -2.53. The second-order valence-corrected chi connectivity index (χ2v) is 5.89. The summed E-state index contributed by atoms with van der Waals surface area (Å²) in [7, 11) is 0. The molecule has 9 heteroatoms. The van der Waals surface area contributed by atoms with Gasteiger partial charge in [-0.2, -0.15) is 0 Å². The van der Waals surface area contributed by atoms with Gasteiger partial charge in [0, 0.05) is 48.3 Å². The van der Waals surface area contributed by atoms with Gasteiger partial charge in [0.15, 0.2) is 14.8 Å². The summed E-state index contributed by atoms with van der Waals surface area (Å²) >= 11 is 14.0. The average Bonchev–Trinajstić information content (AvgIpc) is 2.33. The van der Waals surface area contributed by atoms with Gasteiger partial charge in [0.25, 0.3) is 0 Å². The maximum atomic E-state index is 11.0. The second kappa shape index (κ2) is 5.84. The lowest BCUT2D eigenvalue weighted by molar-refractivity contribution is 0.136. The molecule has 0 spiro atoms. The molecule has 2 rings (SSSR count). The molecule has 1 saturated heterocycles. The number of piperazine rings is 1. The molecule has 1 atom stereocenters. The van der Waals surface area contributed by atoms with Crippen LogP contribution in [-0.2, 0) is 0 Å². The number of aromatic nitrogens is 2. The van der Waals surface area contributed by atoms with Gasteiger partial charge in [0.2, 0.25) is 0 Å².